The molecule has 3 aromatic rings. The summed E-state index contributed by atoms with van der Waals surface area (Å²) in [6, 6.07) is 17.4. The van der Waals surface area contributed by atoms with E-state index in [-0.39, 0.29) is 22.2 Å². The van der Waals surface area contributed by atoms with Gasteiger partial charge < -0.3 is 4.90 Å². The molecule has 1 amide bonds. The van der Waals surface area contributed by atoms with Crippen molar-refractivity contribution >= 4 is 39.7 Å². The molecule has 0 spiro atoms. The Kier molecular flexibility index (Phi) is 4.18. The van der Waals surface area contributed by atoms with Crippen molar-refractivity contribution in [1.82, 2.24) is 0 Å². The molecular weight excluding hydrogens is 328 g/mol. The Bertz CT molecular complexity index is 956. The summed E-state index contributed by atoms with van der Waals surface area (Å²) in [5.41, 5.74) is 0.788. The van der Waals surface area contributed by atoms with Crippen LogP contribution in [0.3, 0.4) is 0 Å². The van der Waals surface area contributed by atoms with Gasteiger partial charge in [-0.3, -0.25) is 14.9 Å². The van der Waals surface area contributed by atoms with E-state index in [2.05, 4.69) is 0 Å². The summed E-state index contributed by atoms with van der Waals surface area (Å²) in [6.45, 7) is 0. The van der Waals surface area contributed by atoms with Gasteiger partial charge in [0.15, 0.2) is 0 Å². The van der Waals surface area contributed by atoms with E-state index in [1.165, 1.54) is 23.1 Å². The normalized spacial score (nSPS) is 10.6. The number of carbonyl (C=O) groups excluding carboxylic acids is 1. The van der Waals surface area contributed by atoms with Gasteiger partial charge in [-0.2, -0.15) is 0 Å². The summed E-state index contributed by atoms with van der Waals surface area (Å²) >= 11 is 6.04. The largest absolute Gasteiger partial charge is 0.311 e. The second-order valence-electron chi connectivity index (χ2n) is 5.32. The van der Waals surface area contributed by atoms with Crippen molar-refractivity contribution in [3.63, 3.8) is 0 Å². The van der Waals surface area contributed by atoms with Crippen LogP contribution in [0.25, 0.3) is 10.8 Å². The summed E-state index contributed by atoms with van der Waals surface area (Å²) < 4.78 is 0. The SMILES string of the molecule is CN(C(=O)c1ccc([N+](=O)[O-])cc1Cl)c1ccc2ccccc2c1. The van der Waals surface area contributed by atoms with Crippen LogP contribution in [0.4, 0.5) is 11.4 Å². The Labute approximate surface area is 143 Å². The highest BCUT2D eigenvalue weighted by molar-refractivity contribution is 6.34. The minimum absolute atomic E-state index is 0.0573. The van der Waals surface area contributed by atoms with Crippen molar-refractivity contribution in [3.05, 3.63) is 81.4 Å². The molecule has 0 heterocycles. The van der Waals surface area contributed by atoms with Gasteiger partial charge in [-0.25, -0.2) is 0 Å². The van der Waals surface area contributed by atoms with Crippen LogP contribution in [0.1, 0.15) is 10.4 Å². The summed E-state index contributed by atoms with van der Waals surface area (Å²) in [5, 5.41) is 12.9. The molecule has 3 aromatic carbocycles. The van der Waals surface area contributed by atoms with Gasteiger partial charge in [-0.15, -0.1) is 0 Å². The van der Waals surface area contributed by atoms with Crippen LogP contribution < -0.4 is 4.90 Å². The van der Waals surface area contributed by atoms with Crippen molar-refractivity contribution in [2.45, 2.75) is 0 Å². The number of halogens is 1. The van der Waals surface area contributed by atoms with Crippen molar-refractivity contribution in [1.29, 1.82) is 0 Å². The highest BCUT2D eigenvalue weighted by Crippen LogP contribution is 2.26. The Morgan fingerprint density at radius 3 is 2.42 bits per heavy atom. The molecule has 0 bridgehead atoms. The van der Waals surface area contributed by atoms with E-state index >= 15 is 0 Å². The van der Waals surface area contributed by atoms with Gasteiger partial charge in [0, 0.05) is 24.9 Å². The number of non-ortho nitro benzene ring substituents is 1. The maximum atomic E-state index is 12.7. The first-order valence-corrected chi connectivity index (χ1v) is 7.56. The first kappa shape index (κ1) is 16.0. The average molecular weight is 341 g/mol. The van der Waals surface area contributed by atoms with Gasteiger partial charge in [0.2, 0.25) is 0 Å². The number of hydrogen-bond acceptors (Lipinski definition) is 3. The van der Waals surface area contributed by atoms with Gasteiger partial charge in [0.1, 0.15) is 0 Å². The second-order valence-corrected chi connectivity index (χ2v) is 5.72. The zero-order chi connectivity index (χ0) is 17.3. The number of nitro groups is 1. The number of carbonyl (C=O) groups is 1. The molecular formula is C18H13ClN2O3. The van der Waals surface area contributed by atoms with Crippen molar-refractivity contribution in [2.24, 2.45) is 0 Å². The number of rotatable bonds is 3. The summed E-state index contributed by atoms with van der Waals surface area (Å²) in [6.07, 6.45) is 0. The van der Waals surface area contributed by atoms with Crippen LogP contribution in [0, 0.1) is 10.1 Å². The molecule has 0 aromatic heterocycles. The molecule has 0 radical (unpaired) electrons. The molecule has 0 fully saturated rings. The number of hydrogen-bond donors (Lipinski definition) is 0. The Balaban J connectivity index is 1.95. The third-order valence-electron chi connectivity index (χ3n) is 3.82. The summed E-state index contributed by atoms with van der Waals surface area (Å²) in [7, 11) is 1.64. The van der Waals surface area contributed by atoms with Gasteiger partial charge >= 0.3 is 0 Å². The smallest absolute Gasteiger partial charge is 0.270 e. The molecule has 0 aliphatic heterocycles. The molecule has 24 heavy (non-hydrogen) atoms. The minimum Gasteiger partial charge on any atom is -0.311 e. The van der Waals surface area contributed by atoms with Crippen molar-refractivity contribution in [2.75, 3.05) is 11.9 Å². The Hall–Kier alpha value is -2.92. The number of amides is 1. The highest BCUT2D eigenvalue weighted by atomic mass is 35.5. The summed E-state index contributed by atoms with van der Waals surface area (Å²) in [4.78, 5) is 24.3. The lowest BCUT2D eigenvalue weighted by atomic mass is 10.1. The van der Waals surface area contributed by atoms with E-state index < -0.39 is 4.92 Å². The molecule has 0 atom stereocenters. The van der Waals surface area contributed by atoms with Crippen LogP contribution in [-0.2, 0) is 0 Å². The van der Waals surface area contributed by atoms with E-state index in [9.17, 15) is 14.9 Å². The zero-order valence-corrected chi connectivity index (χ0v) is 13.5. The van der Waals surface area contributed by atoms with Gasteiger partial charge in [-0.05, 0) is 29.0 Å². The van der Waals surface area contributed by atoms with E-state index in [1.54, 1.807) is 7.05 Å². The highest BCUT2D eigenvalue weighted by Gasteiger charge is 2.19. The molecule has 120 valence electrons. The fraction of sp³-hybridized carbons (Fsp3) is 0.0556. The lowest BCUT2D eigenvalue weighted by molar-refractivity contribution is -0.384. The van der Waals surface area contributed by atoms with Crippen LogP contribution in [0.5, 0.6) is 0 Å². The van der Waals surface area contributed by atoms with E-state index in [1.807, 2.05) is 42.5 Å². The Morgan fingerprint density at radius 1 is 1.04 bits per heavy atom. The first-order chi connectivity index (χ1) is 11.5. The zero-order valence-electron chi connectivity index (χ0n) is 12.8. The molecule has 3 rings (SSSR count). The average Bonchev–Trinajstić information content (AvgIpc) is 2.60. The third kappa shape index (κ3) is 2.94. The second kappa shape index (κ2) is 6.29. The number of nitro benzene ring substituents is 1. The fourth-order valence-corrected chi connectivity index (χ4v) is 2.73. The van der Waals surface area contributed by atoms with Gasteiger partial charge in [0.25, 0.3) is 11.6 Å². The predicted octanol–water partition coefficient (Wildman–Crippen LogP) is 4.68. The van der Waals surface area contributed by atoms with Crippen LogP contribution >= 0.6 is 11.6 Å². The van der Waals surface area contributed by atoms with Crippen molar-refractivity contribution in [3.8, 4) is 0 Å². The van der Waals surface area contributed by atoms with Crippen LogP contribution in [0.15, 0.2) is 60.7 Å². The Morgan fingerprint density at radius 2 is 1.75 bits per heavy atom. The quantitative estimate of drug-likeness (QED) is 0.513. The van der Waals surface area contributed by atoms with E-state index in [0.717, 1.165) is 10.8 Å². The minimum atomic E-state index is -0.548. The fourth-order valence-electron chi connectivity index (χ4n) is 2.47. The molecule has 0 aliphatic rings. The lowest BCUT2D eigenvalue weighted by Crippen LogP contribution is -2.26. The number of anilines is 1. The van der Waals surface area contributed by atoms with Crippen molar-refractivity contribution < 1.29 is 9.72 Å². The van der Waals surface area contributed by atoms with Crippen LogP contribution in [0.2, 0.25) is 5.02 Å². The maximum Gasteiger partial charge on any atom is 0.270 e. The third-order valence-corrected chi connectivity index (χ3v) is 4.13. The van der Waals surface area contributed by atoms with E-state index in [0.29, 0.717) is 5.69 Å². The number of nitrogens with zero attached hydrogens (tertiary/aromatic N) is 2. The molecule has 0 saturated carbocycles. The first-order valence-electron chi connectivity index (χ1n) is 7.18. The molecule has 5 nitrogen and oxygen atoms in total. The standard InChI is InChI=1S/C18H13ClN2O3/c1-20(14-7-6-12-4-2-3-5-13(12)10-14)18(22)16-9-8-15(21(23)24)11-17(16)19/h2-11H,1H3. The summed E-state index contributed by atoms with van der Waals surface area (Å²) in [5.74, 6) is -0.329. The monoisotopic (exact) mass is 340 g/mol. The molecule has 0 unspecified atom stereocenters. The maximum absolute atomic E-state index is 12.7. The molecule has 6 heteroatoms. The predicted molar refractivity (Wildman–Crippen MR) is 94.8 cm³/mol. The van der Waals surface area contributed by atoms with Gasteiger partial charge in [0.05, 0.1) is 15.5 Å². The molecule has 0 saturated heterocycles. The van der Waals surface area contributed by atoms with Gasteiger partial charge in [-0.1, -0.05) is 41.9 Å². The number of fused-ring (bicyclic) bond motifs is 1. The number of benzene rings is 3. The molecule has 0 aliphatic carbocycles. The topological polar surface area (TPSA) is 63.5 Å². The van der Waals surface area contributed by atoms with Crippen LogP contribution in [-0.4, -0.2) is 17.9 Å². The molecule has 0 N–H and O–H groups in total. The lowest BCUT2D eigenvalue weighted by Gasteiger charge is -2.18. The van der Waals surface area contributed by atoms with E-state index in [4.69, 9.17) is 11.6 Å².